The number of piperazine rings is 1. The van der Waals surface area contributed by atoms with Gasteiger partial charge in [-0.3, -0.25) is 10.2 Å². The van der Waals surface area contributed by atoms with Crippen LogP contribution in [0, 0.1) is 0 Å². The van der Waals surface area contributed by atoms with Gasteiger partial charge in [-0.15, -0.1) is 0 Å². The number of hydrogen-bond acceptors (Lipinski definition) is 3. The van der Waals surface area contributed by atoms with E-state index in [9.17, 15) is 4.79 Å². The van der Waals surface area contributed by atoms with E-state index >= 15 is 0 Å². The Kier molecular flexibility index (Phi) is 3.92. The molecule has 13 heavy (non-hydrogen) atoms. The fourth-order valence-corrected chi connectivity index (χ4v) is 1.26. The van der Waals surface area contributed by atoms with Gasteiger partial charge in [0, 0.05) is 26.2 Å². The Morgan fingerprint density at radius 1 is 1.31 bits per heavy atom. The maximum atomic E-state index is 11.1. The quantitative estimate of drug-likeness (QED) is 0.604. The first-order valence-corrected chi connectivity index (χ1v) is 4.59. The van der Waals surface area contributed by atoms with Gasteiger partial charge in [-0.05, 0) is 20.0 Å². The van der Waals surface area contributed by atoms with E-state index in [1.54, 1.807) is 12.2 Å². The topological polar surface area (TPSA) is 35.6 Å². The normalized spacial score (nSPS) is 20.8. The lowest BCUT2D eigenvalue weighted by Crippen LogP contribution is -2.52. The van der Waals surface area contributed by atoms with Gasteiger partial charge in [0.1, 0.15) is 0 Å². The molecule has 1 heterocycles. The molecule has 1 amide bonds. The molecule has 1 N–H and O–H groups in total. The van der Waals surface area contributed by atoms with Gasteiger partial charge < -0.3 is 4.90 Å². The summed E-state index contributed by atoms with van der Waals surface area (Å²) in [5.41, 5.74) is 2.82. The Labute approximate surface area is 79.2 Å². The van der Waals surface area contributed by atoms with E-state index in [0.29, 0.717) is 0 Å². The number of amides is 1. The maximum Gasteiger partial charge on any atom is 0.257 e. The van der Waals surface area contributed by atoms with Gasteiger partial charge >= 0.3 is 0 Å². The molecule has 0 aromatic carbocycles. The van der Waals surface area contributed by atoms with Crippen molar-refractivity contribution in [3.63, 3.8) is 0 Å². The lowest BCUT2D eigenvalue weighted by Gasteiger charge is -2.31. The first kappa shape index (κ1) is 10.2. The minimum absolute atomic E-state index is 0.0351. The highest BCUT2D eigenvalue weighted by Gasteiger charge is 2.13. The maximum absolute atomic E-state index is 11.1. The van der Waals surface area contributed by atoms with E-state index in [1.807, 2.05) is 11.9 Å². The van der Waals surface area contributed by atoms with Crippen LogP contribution in [0.15, 0.2) is 12.2 Å². The highest BCUT2D eigenvalue weighted by atomic mass is 16.2. The summed E-state index contributed by atoms with van der Waals surface area (Å²) in [6.07, 6.45) is 3.28. The molecular formula is C9H17N3O. The molecule has 4 nitrogen and oxygen atoms in total. The van der Waals surface area contributed by atoms with E-state index in [1.165, 1.54) is 0 Å². The van der Waals surface area contributed by atoms with Gasteiger partial charge in [-0.1, -0.05) is 6.08 Å². The van der Waals surface area contributed by atoms with Crippen LogP contribution in [0.2, 0.25) is 0 Å². The van der Waals surface area contributed by atoms with Crippen LogP contribution < -0.4 is 5.43 Å². The minimum atomic E-state index is -0.0351. The van der Waals surface area contributed by atoms with Crippen LogP contribution in [0.3, 0.4) is 0 Å². The zero-order valence-electron chi connectivity index (χ0n) is 8.29. The molecule has 1 saturated heterocycles. The van der Waals surface area contributed by atoms with Crippen LogP contribution in [0.25, 0.3) is 0 Å². The predicted molar refractivity (Wildman–Crippen MR) is 52.0 cm³/mol. The summed E-state index contributed by atoms with van der Waals surface area (Å²) in [7, 11) is 2.09. The second-order valence-corrected chi connectivity index (χ2v) is 3.27. The van der Waals surface area contributed by atoms with Crippen LogP contribution in [0.5, 0.6) is 0 Å². The Balaban J connectivity index is 2.26. The number of rotatable bonds is 2. The summed E-state index contributed by atoms with van der Waals surface area (Å²) < 4.78 is 0. The van der Waals surface area contributed by atoms with E-state index in [4.69, 9.17) is 0 Å². The summed E-state index contributed by atoms with van der Waals surface area (Å²) in [5, 5.41) is 1.96. The average Bonchev–Trinajstić information content (AvgIpc) is 2.09. The number of hydrazine groups is 1. The number of carbonyl (C=O) groups is 1. The first-order chi connectivity index (χ1) is 6.22. The van der Waals surface area contributed by atoms with E-state index in [-0.39, 0.29) is 5.91 Å². The fraction of sp³-hybridized carbons (Fsp3) is 0.667. The van der Waals surface area contributed by atoms with Crippen molar-refractivity contribution in [1.29, 1.82) is 0 Å². The molecule has 0 spiro atoms. The third-order valence-electron chi connectivity index (χ3n) is 2.09. The van der Waals surface area contributed by atoms with Crippen molar-refractivity contribution in [2.45, 2.75) is 6.92 Å². The standard InChI is InChI=1S/C9H17N3O/c1-3-4-9(13)10-12-7-5-11(2)6-8-12/h3-4H,5-8H2,1-2H3,(H,10,13)/b4-3+. The molecule has 0 aromatic heterocycles. The number of allylic oxidation sites excluding steroid dienone is 1. The van der Waals surface area contributed by atoms with Gasteiger partial charge in [0.15, 0.2) is 0 Å². The minimum Gasteiger partial charge on any atom is -0.304 e. The number of carbonyl (C=O) groups excluding carboxylic acids is 1. The van der Waals surface area contributed by atoms with Crippen molar-refractivity contribution >= 4 is 5.91 Å². The molecule has 0 aliphatic carbocycles. The monoisotopic (exact) mass is 183 g/mol. The van der Waals surface area contributed by atoms with Crippen molar-refractivity contribution in [2.75, 3.05) is 33.2 Å². The third kappa shape index (κ3) is 3.57. The molecule has 1 fully saturated rings. The molecule has 0 bridgehead atoms. The Morgan fingerprint density at radius 3 is 2.46 bits per heavy atom. The van der Waals surface area contributed by atoms with Crippen molar-refractivity contribution in [3.8, 4) is 0 Å². The summed E-state index contributed by atoms with van der Waals surface area (Å²) in [5.74, 6) is -0.0351. The lowest BCUT2D eigenvalue weighted by atomic mass is 10.4. The fourth-order valence-electron chi connectivity index (χ4n) is 1.26. The Bertz CT molecular complexity index is 195. The number of likely N-dealkylation sites (N-methyl/N-ethyl adjacent to an activating group) is 1. The van der Waals surface area contributed by atoms with Gasteiger partial charge in [0.25, 0.3) is 5.91 Å². The molecule has 4 heteroatoms. The Hall–Kier alpha value is -0.870. The second-order valence-electron chi connectivity index (χ2n) is 3.27. The van der Waals surface area contributed by atoms with Crippen LogP contribution in [0.4, 0.5) is 0 Å². The summed E-state index contributed by atoms with van der Waals surface area (Å²) in [6.45, 7) is 5.66. The second kappa shape index (κ2) is 4.99. The number of nitrogens with one attached hydrogen (secondary N) is 1. The van der Waals surface area contributed by atoms with Crippen molar-refractivity contribution in [1.82, 2.24) is 15.3 Å². The number of nitrogens with zero attached hydrogens (tertiary/aromatic N) is 2. The molecule has 0 aromatic rings. The average molecular weight is 183 g/mol. The zero-order valence-corrected chi connectivity index (χ0v) is 8.29. The van der Waals surface area contributed by atoms with Crippen molar-refractivity contribution in [3.05, 3.63) is 12.2 Å². The zero-order chi connectivity index (χ0) is 9.68. The lowest BCUT2D eigenvalue weighted by molar-refractivity contribution is -0.121. The highest BCUT2D eigenvalue weighted by Crippen LogP contribution is 1.95. The van der Waals surface area contributed by atoms with Crippen LogP contribution in [0.1, 0.15) is 6.92 Å². The van der Waals surface area contributed by atoms with Crippen LogP contribution in [-0.4, -0.2) is 49.0 Å². The third-order valence-corrected chi connectivity index (χ3v) is 2.09. The largest absolute Gasteiger partial charge is 0.304 e. The Morgan fingerprint density at radius 2 is 1.92 bits per heavy atom. The highest BCUT2D eigenvalue weighted by molar-refractivity contribution is 5.86. The summed E-state index contributed by atoms with van der Waals surface area (Å²) in [6, 6.07) is 0. The predicted octanol–water partition coefficient (Wildman–Crippen LogP) is -0.159. The molecule has 0 unspecified atom stereocenters. The molecule has 1 rings (SSSR count). The SMILES string of the molecule is C/C=C/C(=O)NN1CCN(C)CC1. The first-order valence-electron chi connectivity index (χ1n) is 4.59. The molecule has 1 aliphatic heterocycles. The van der Waals surface area contributed by atoms with Crippen molar-refractivity contribution < 1.29 is 4.79 Å². The van der Waals surface area contributed by atoms with E-state index in [2.05, 4.69) is 17.4 Å². The van der Waals surface area contributed by atoms with E-state index in [0.717, 1.165) is 26.2 Å². The van der Waals surface area contributed by atoms with E-state index < -0.39 is 0 Å². The summed E-state index contributed by atoms with van der Waals surface area (Å²) >= 11 is 0. The molecule has 0 atom stereocenters. The molecular weight excluding hydrogens is 166 g/mol. The number of hydrogen-bond donors (Lipinski definition) is 1. The van der Waals surface area contributed by atoms with Gasteiger partial charge in [-0.2, -0.15) is 0 Å². The van der Waals surface area contributed by atoms with Crippen LogP contribution in [-0.2, 0) is 4.79 Å². The summed E-state index contributed by atoms with van der Waals surface area (Å²) in [4.78, 5) is 13.4. The molecule has 0 radical (unpaired) electrons. The molecule has 0 saturated carbocycles. The molecule has 74 valence electrons. The van der Waals surface area contributed by atoms with Crippen molar-refractivity contribution in [2.24, 2.45) is 0 Å². The van der Waals surface area contributed by atoms with Gasteiger partial charge in [0.2, 0.25) is 0 Å². The smallest absolute Gasteiger partial charge is 0.257 e. The van der Waals surface area contributed by atoms with Gasteiger partial charge in [-0.25, -0.2) is 5.01 Å². The van der Waals surface area contributed by atoms with Crippen LogP contribution >= 0.6 is 0 Å². The van der Waals surface area contributed by atoms with Gasteiger partial charge in [0.05, 0.1) is 0 Å². The molecule has 1 aliphatic rings.